The van der Waals surface area contributed by atoms with Gasteiger partial charge in [-0.3, -0.25) is 18.7 Å². The second-order valence-corrected chi connectivity index (χ2v) is 8.56. The molecule has 3 aromatic rings. The van der Waals surface area contributed by atoms with Crippen LogP contribution >= 0.6 is 0 Å². The van der Waals surface area contributed by atoms with E-state index in [1.807, 2.05) is 36.4 Å². The smallest absolute Gasteiger partial charge is 0.269 e. The average Bonchev–Trinajstić information content (AvgIpc) is 2.92. The molecule has 0 saturated heterocycles. The highest BCUT2D eigenvalue weighted by Gasteiger charge is 2.48. The van der Waals surface area contributed by atoms with Gasteiger partial charge in [0.25, 0.3) is 11.8 Å². The quantitative estimate of drug-likeness (QED) is 0.268. The molecule has 6 nitrogen and oxygen atoms in total. The van der Waals surface area contributed by atoms with Gasteiger partial charge in [0.1, 0.15) is 0 Å². The summed E-state index contributed by atoms with van der Waals surface area (Å²) in [5.41, 5.74) is -5.38. The first kappa shape index (κ1) is 20.3. The van der Waals surface area contributed by atoms with E-state index in [9.17, 15) is 31.2 Å². The molecule has 30 heavy (non-hydrogen) atoms. The van der Waals surface area contributed by atoms with E-state index >= 15 is 0 Å². The molecule has 0 saturated carbocycles. The summed E-state index contributed by atoms with van der Waals surface area (Å²) in [6.07, 6.45) is 0. The zero-order chi connectivity index (χ0) is 21.8. The monoisotopic (exact) mass is 437 g/mol. The predicted molar refractivity (Wildman–Crippen MR) is 102 cm³/mol. The van der Waals surface area contributed by atoms with Crippen LogP contribution in [0.1, 0.15) is 27.6 Å². The van der Waals surface area contributed by atoms with Crippen molar-refractivity contribution in [3.8, 4) is 0 Å². The average molecular weight is 437 g/mol. The molecule has 0 spiro atoms. The van der Waals surface area contributed by atoms with E-state index in [0.29, 0.717) is 0 Å². The minimum atomic E-state index is -5.83. The van der Waals surface area contributed by atoms with E-state index in [4.69, 9.17) is 0 Å². The van der Waals surface area contributed by atoms with Crippen LogP contribution in [0.4, 0.5) is 13.2 Å². The molecule has 10 heteroatoms. The maximum absolute atomic E-state index is 12.8. The van der Waals surface area contributed by atoms with Gasteiger partial charge >= 0.3 is 15.6 Å². The van der Waals surface area contributed by atoms with E-state index < -0.39 is 40.1 Å². The number of alkyl halides is 3. The van der Waals surface area contributed by atoms with Gasteiger partial charge in [0, 0.05) is 0 Å². The van der Waals surface area contributed by atoms with Crippen molar-refractivity contribution < 1.29 is 35.4 Å². The topological polar surface area (TPSA) is 80.8 Å². The summed E-state index contributed by atoms with van der Waals surface area (Å²) in [5.74, 6) is -1.43. The minimum Gasteiger partial charge on any atom is -0.269 e. The fourth-order valence-electron chi connectivity index (χ4n) is 3.43. The summed E-state index contributed by atoms with van der Waals surface area (Å²) >= 11 is 0. The molecule has 4 rings (SSSR count). The second-order valence-electron chi connectivity index (χ2n) is 6.96. The van der Waals surface area contributed by atoms with Crippen molar-refractivity contribution in [3.05, 3.63) is 59.7 Å². The minimum absolute atomic E-state index is 0.105. The first-order valence-corrected chi connectivity index (χ1v) is 10.2. The number of halogens is 3. The van der Waals surface area contributed by atoms with Crippen LogP contribution in [0.15, 0.2) is 48.5 Å². The van der Waals surface area contributed by atoms with Gasteiger partial charge in [-0.1, -0.05) is 24.3 Å². The fraction of sp³-hybridized carbons (Fsp3) is 0.200. The Labute approximate surface area is 169 Å². The van der Waals surface area contributed by atoms with E-state index in [1.54, 1.807) is 12.1 Å². The molecule has 1 aliphatic heterocycles. The molecule has 1 heterocycles. The number of imide groups is 1. The molecule has 0 radical (unpaired) electrons. The number of carbonyl (C=O) groups is 2. The van der Waals surface area contributed by atoms with Crippen molar-refractivity contribution in [3.63, 3.8) is 0 Å². The maximum atomic E-state index is 12.8. The van der Waals surface area contributed by atoms with Crippen molar-refractivity contribution in [2.24, 2.45) is 0 Å². The van der Waals surface area contributed by atoms with Gasteiger partial charge in [-0.25, -0.2) is 0 Å². The second kappa shape index (κ2) is 6.78. The molecule has 0 N–H and O–H groups in total. The lowest BCUT2D eigenvalue weighted by molar-refractivity contribution is -0.0549. The van der Waals surface area contributed by atoms with Crippen LogP contribution in [-0.2, 0) is 14.3 Å². The fourth-order valence-corrected chi connectivity index (χ4v) is 3.94. The SMILES string of the molecule is C[C@H](COS(=O)(=O)C(F)(F)F)N1C(=O)c2cc3cc4ccccc4cc3cc2C1=O. The standard InChI is InChI=1S/C20H14F3NO5S/c1-11(10-29-30(27,28)20(21,22)23)24-18(25)16-8-14-6-12-4-2-3-5-13(12)7-15(14)9-17(16)19(24)26/h2-9,11H,10H2,1H3/t11-/m1/s1. The van der Waals surface area contributed by atoms with Crippen LogP contribution in [0, 0.1) is 0 Å². The number of nitrogens with zero attached hydrogens (tertiary/aromatic N) is 1. The van der Waals surface area contributed by atoms with Crippen molar-refractivity contribution in [2.45, 2.75) is 18.5 Å². The van der Waals surface area contributed by atoms with Gasteiger partial charge in [0.15, 0.2) is 0 Å². The highest BCUT2D eigenvalue weighted by Crippen LogP contribution is 2.32. The predicted octanol–water partition coefficient (Wildman–Crippen LogP) is 3.84. The summed E-state index contributed by atoms with van der Waals surface area (Å²) in [6, 6.07) is 13.2. The Kier molecular flexibility index (Phi) is 4.59. The highest BCUT2D eigenvalue weighted by atomic mass is 32.2. The van der Waals surface area contributed by atoms with Crippen LogP contribution in [0.25, 0.3) is 21.5 Å². The summed E-state index contributed by atoms with van der Waals surface area (Å²) in [5, 5.41) is 3.33. The summed E-state index contributed by atoms with van der Waals surface area (Å²) in [4.78, 5) is 26.2. The summed E-state index contributed by atoms with van der Waals surface area (Å²) < 4.78 is 63.5. The molecule has 0 unspecified atom stereocenters. The van der Waals surface area contributed by atoms with E-state index in [2.05, 4.69) is 4.18 Å². The molecule has 3 aromatic carbocycles. The molecule has 0 aromatic heterocycles. The molecule has 1 aliphatic rings. The number of rotatable bonds is 4. The van der Waals surface area contributed by atoms with Gasteiger partial charge in [-0.15, -0.1) is 0 Å². The lowest BCUT2D eigenvalue weighted by Gasteiger charge is -2.22. The number of carbonyl (C=O) groups excluding carboxylic acids is 2. The molecule has 0 fully saturated rings. The number of amides is 2. The third kappa shape index (κ3) is 3.21. The maximum Gasteiger partial charge on any atom is 0.523 e. The molecule has 156 valence electrons. The van der Waals surface area contributed by atoms with Crippen molar-refractivity contribution >= 4 is 43.5 Å². The Bertz CT molecular complexity index is 1240. The van der Waals surface area contributed by atoms with Crippen LogP contribution in [0.3, 0.4) is 0 Å². The number of fused-ring (bicyclic) bond motifs is 3. The van der Waals surface area contributed by atoms with Crippen LogP contribution in [0.2, 0.25) is 0 Å². The number of hydrogen-bond donors (Lipinski definition) is 0. The lowest BCUT2D eigenvalue weighted by atomic mass is 9.99. The highest BCUT2D eigenvalue weighted by molar-refractivity contribution is 7.87. The van der Waals surface area contributed by atoms with E-state index in [-0.39, 0.29) is 11.1 Å². The summed E-state index contributed by atoms with van der Waals surface area (Å²) in [6.45, 7) is 0.234. The van der Waals surface area contributed by atoms with Crippen molar-refractivity contribution in [2.75, 3.05) is 6.61 Å². The Morgan fingerprint density at radius 2 is 1.37 bits per heavy atom. The largest absolute Gasteiger partial charge is 0.523 e. The molecular formula is C20H14F3NO5S. The Balaban J connectivity index is 1.67. The third-order valence-corrected chi connectivity index (χ3v) is 5.94. The third-order valence-electron chi connectivity index (χ3n) is 4.93. The van der Waals surface area contributed by atoms with Gasteiger partial charge in [-0.2, -0.15) is 21.6 Å². The zero-order valence-electron chi connectivity index (χ0n) is 15.4. The normalized spacial score (nSPS) is 15.8. The Morgan fingerprint density at radius 3 is 1.80 bits per heavy atom. The molecular weight excluding hydrogens is 423 g/mol. The van der Waals surface area contributed by atoms with Gasteiger partial charge in [0.2, 0.25) is 0 Å². The van der Waals surface area contributed by atoms with E-state index in [0.717, 1.165) is 26.4 Å². The zero-order valence-corrected chi connectivity index (χ0v) is 16.3. The first-order chi connectivity index (χ1) is 14.0. The molecule has 1 atom stereocenters. The first-order valence-electron chi connectivity index (χ1n) is 8.80. The van der Waals surface area contributed by atoms with Crippen molar-refractivity contribution in [1.29, 1.82) is 0 Å². The number of hydrogen-bond acceptors (Lipinski definition) is 5. The number of benzene rings is 3. The van der Waals surface area contributed by atoms with Gasteiger partial charge in [0.05, 0.1) is 23.8 Å². The van der Waals surface area contributed by atoms with E-state index in [1.165, 1.54) is 6.92 Å². The van der Waals surface area contributed by atoms with Gasteiger partial charge < -0.3 is 0 Å². The molecule has 0 bridgehead atoms. The van der Waals surface area contributed by atoms with Crippen LogP contribution in [0.5, 0.6) is 0 Å². The molecule has 0 aliphatic carbocycles. The van der Waals surface area contributed by atoms with Crippen molar-refractivity contribution in [1.82, 2.24) is 4.90 Å². The van der Waals surface area contributed by atoms with Gasteiger partial charge in [-0.05, 0) is 52.7 Å². The molecule has 2 amide bonds. The Morgan fingerprint density at radius 1 is 0.900 bits per heavy atom. The summed E-state index contributed by atoms with van der Waals surface area (Å²) in [7, 11) is -5.83. The Hall–Kier alpha value is -2.98. The van der Waals surface area contributed by atoms with Crippen LogP contribution in [-0.4, -0.2) is 43.3 Å². The lowest BCUT2D eigenvalue weighted by Crippen LogP contribution is -2.42. The van der Waals surface area contributed by atoms with Crippen LogP contribution < -0.4 is 0 Å².